The van der Waals surface area contributed by atoms with Gasteiger partial charge in [-0.25, -0.2) is 0 Å². The van der Waals surface area contributed by atoms with E-state index in [2.05, 4.69) is 26.0 Å². The van der Waals surface area contributed by atoms with Crippen LogP contribution in [0.4, 0.5) is 0 Å². The molecule has 0 saturated carbocycles. The second kappa shape index (κ2) is 4.16. The molecule has 2 heteroatoms. The van der Waals surface area contributed by atoms with E-state index in [4.69, 9.17) is 4.74 Å². The van der Waals surface area contributed by atoms with Crippen LogP contribution >= 0.6 is 0 Å². The van der Waals surface area contributed by atoms with E-state index in [-0.39, 0.29) is 17.3 Å². The minimum Gasteiger partial charge on any atom is -0.465 e. The number of allylic oxidation sites excluding steroid dienone is 1. The SMILES string of the molecule is C/C=C/C1(C)COC(=O)C(C)C1CC. The number of rotatable bonds is 2. The summed E-state index contributed by atoms with van der Waals surface area (Å²) in [6.45, 7) is 8.82. The lowest BCUT2D eigenvalue weighted by molar-refractivity contribution is -0.164. The number of ether oxygens (including phenoxy) is 1. The Bertz CT molecular complexity index is 245. The first kappa shape index (κ1) is 11.3. The highest BCUT2D eigenvalue weighted by molar-refractivity contribution is 5.73. The molecular weight excluding hydrogens is 176 g/mol. The van der Waals surface area contributed by atoms with Crippen molar-refractivity contribution in [2.24, 2.45) is 17.3 Å². The van der Waals surface area contributed by atoms with Crippen LogP contribution in [0.3, 0.4) is 0 Å². The van der Waals surface area contributed by atoms with Gasteiger partial charge in [-0.15, -0.1) is 0 Å². The average molecular weight is 196 g/mol. The van der Waals surface area contributed by atoms with Crippen molar-refractivity contribution < 1.29 is 9.53 Å². The highest BCUT2D eigenvalue weighted by Crippen LogP contribution is 2.41. The van der Waals surface area contributed by atoms with Crippen LogP contribution in [0.5, 0.6) is 0 Å². The lowest BCUT2D eigenvalue weighted by atomic mass is 9.68. The van der Waals surface area contributed by atoms with E-state index in [1.165, 1.54) is 0 Å². The highest BCUT2D eigenvalue weighted by atomic mass is 16.5. The van der Waals surface area contributed by atoms with E-state index < -0.39 is 0 Å². The van der Waals surface area contributed by atoms with Crippen molar-refractivity contribution in [2.75, 3.05) is 6.61 Å². The third-order valence-electron chi connectivity index (χ3n) is 3.34. The van der Waals surface area contributed by atoms with Crippen LogP contribution in [-0.2, 0) is 9.53 Å². The van der Waals surface area contributed by atoms with Gasteiger partial charge in [0, 0.05) is 5.41 Å². The first-order chi connectivity index (χ1) is 6.55. The van der Waals surface area contributed by atoms with Crippen molar-refractivity contribution in [1.82, 2.24) is 0 Å². The number of hydrogen-bond donors (Lipinski definition) is 0. The van der Waals surface area contributed by atoms with Crippen molar-refractivity contribution in [3.8, 4) is 0 Å². The third-order valence-corrected chi connectivity index (χ3v) is 3.34. The molecule has 0 aromatic heterocycles. The van der Waals surface area contributed by atoms with Crippen molar-refractivity contribution in [2.45, 2.75) is 34.1 Å². The topological polar surface area (TPSA) is 26.3 Å². The summed E-state index contributed by atoms with van der Waals surface area (Å²) in [7, 11) is 0. The Balaban J connectivity index is 2.91. The molecule has 3 atom stereocenters. The molecular formula is C12H20O2. The standard InChI is InChI=1S/C12H20O2/c1-5-7-12(4)8-14-11(13)9(3)10(12)6-2/h5,7,9-10H,6,8H2,1-4H3/b7-5+. The largest absolute Gasteiger partial charge is 0.465 e. The summed E-state index contributed by atoms with van der Waals surface area (Å²) < 4.78 is 5.20. The monoisotopic (exact) mass is 196 g/mol. The third kappa shape index (κ3) is 1.84. The van der Waals surface area contributed by atoms with Gasteiger partial charge in [-0.1, -0.05) is 39.3 Å². The molecule has 0 N–H and O–H groups in total. The van der Waals surface area contributed by atoms with Crippen molar-refractivity contribution in [1.29, 1.82) is 0 Å². The fourth-order valence-corrected chi connectivity index (χ4v) is 2.57. The Labute approximate surface area is 86.3 Å². The minimum atomic E-state index is -0.0428. The van der Waals surface area contributed by atoms with Crippen LogP contribution in [0.2, 0.25) is 0 Å². The summed E-state index contributed by atoms with van der Waals surface area (Å²) in [6.07, 6.45) is 5.25. The Hall–Kier alpha value is -0.790. The maximum atomic E-state index is 11.4. The van der Waals surface area contributed by atoms with Crippen LogP contribution in [0.15, 0.2) is 12.2 Å². The molecule has 3 unspecified atom stereocenters. The molecule has 1 rings (SSSR count). The molecule has 2 nitrogen and oxygen atoms in total. The maximum Gasteiger partial charge on any atom is 0.308 e. The summed E-state index contributed by atoms with van der Waals surface area (Å²) >= 11 is 0. The average Bonchev–Trinajstić information content (AvgIpc) is 2.14. The van der Waals surface area contributed by atoms with Gasteiger partial charge < -0.3 is 4.74 Å². The van der Waals surface area contributed by atoms with E-state index >= 15 is 0 Å². The van der Waals surface area contributed by atoms with Crippen molar-refractivity contribution >= 4 is 5.97 Å². The number of carbonyl (C=O) groups is 1. The second-order valence-corrected chi connectivity index (χ2v) is 4.42. The predicted molar refractivity (Wildman–Crippen MR) is 56.8 cm³/mol. The lowest BCUT2D eigenvalue weighted by Gasteiger charge is -2.41. The molecule has 1 aliphatic heterocycles. The van der Waals surface area contributed by atoms with Gasteiger partial charge in [-0.05, 0) is 12.8 Å². The first-order valence-corrected chi connectivity index (χ1v) is 5.35. The fourth-order valence-electron chi connectivity index (χ4n) is 2.57. The van der Waals surface area contributed by atoms with Crippen molar-refractivity contribution in [3.63, 3.8) is 0 Å². The second-order valence-electron chi connectivity index (χ2n) is 4.42. The zero-order valence-corrected chi connectivity index (χ0v) is 9.54. The zero-order chi connectivity index (χ0) is 10.8. The Morgan fingerprint density at radius 3 is 2.79 bits per heavy atom. The van der Waals surface area contributed by atoms with Gasteiger partial charge in [-0.2, -0.15) is 0 Å². The molecule has 1 aliphatic rings. The molecule has 0 amide bonds. The molecule has 14 heavy (non-hydrogen) atoms. The van der Waals surface area contributed by atoms with Crippen molar-refractivity contribution in [3.05, 3.63) is 12.2 Å². The van der Waals surface area contributed by atoms with Crippen LogP contribution < -0.4 is 0 Å². The summed E-state index contributed by atoms with van der Waals surface area (Å²) in [6, 6.07) is 0. The van der Waals surface area contributed by atoms with Gasteiger partial charge in [0.25, 0.3) is 0 Å². The Morgan fingerprint density at radius 2 is 2.29 bits per heavy atom. The molecule has 0 aliphatic carbocycles. The number of cyclic esters (lactones) is 1. The van der Waals surface area contributed by atoms with E-state index in [0.29, 0.717) is 12.5 Å². The van der Waals surface area contributed by atoms with E-state index in [0.717, 1.165) is 6.42 Å². The molecule has 0 bridgehead atoms. The molecule has 0 aromatic rings. The fraction of sp³-hybridized carbons (Fsp3) is 0.750. The van der Waals surface area contributed by atoms with E-state index in [1.807, 2.05) is 13.8 Å². The normalized spacial score (nSPS) is 38.7. The van der Waals surface area contributed by atoms with Crippen LogP contribution in [0, 0.1) is 17.3 Å². The molecule has 80 valence electrons. The quantitative estimate of drug-likeness (QED) is 0.501. The summed E-state index contributed by atoms with van der Waals surface area (Å²) in [5.74, 6) is 0.383. The Morgan fingerprint density at radius 1 is 1.64 bits per heavy atom. The summed E-state index contributed by atoms with van der Waals surface area (Å²) in [5.41, 5.74) is 0.0246. The van der Waals surface area contributed by atoms with Crippen LogP contribution in [-0.4, -0.2) is 12.6 Å². The maximum absolute atomic E-state index is 11.4. The molecule has 1 fully saturated rings. The van der Waals surface area contributed by atoms with Crippen LogP contribution in [0.1, 0.15) is 34.1 Å². The molecule has 0 spiro atoms. The summed E-state index contributed by atoms with van der Waals surface area (Å²) in [4.78, 5) is 11.4. The highest BCUT2D eigenvalue weighted by Gasteiger charge is 2.42. The van der Waals surface area contributed by atoms with Gasteiger partial charge in [0.2, 0.25) is 0 Å². The molecule has 1 saturated heterocycles. The zero-order valence-electron chi connectivity index (χ0n) is 9.54. The molecule has 0 radical (unpaired) electrons. The number of hydrogen-bond acceptors (Lipinski definition) is 2. The summed E-state index contributed by atoms with van der Waals surface area (Å²) in [5, 5.41) is 0. The Kier molecular flexibility index (Phi) is 3.35. The predicted octanol–water partition coefficient (Wildman–Crippen LogP) is 2.79. The van der Waals surface area contributed by atoms with Gasteiger partial charge >= 0.3 is 5.97 Å². The molecule has 0 aromatic carbocycles. The van der Waals surface area contributed by atoms with Gasteiger partial charge in [0.05, 0.1) is 5.92 Å². The minimum absolute atomic E-state index is 0.0231. The number of esters is 1. The van der Waals surface area contributed by atoms with Gasteiger partial charge in [0.1, 0.15) is 6.61 Å². The number of carbonyl (C=O) groups excluding carboxylic acids is 1. The molecule has 1 heterocycles. The van der Waals surface area contributed by atoms with Gasteiger partial charge in [-0.3, -0.25) is 4.79 Å². The smallest absolute Gasteiger partial charge is 0.308 e. The lowest BCUT2D eigenvalue weighted by Crippen LogP contribution is -2.44. The van der Waals surface area contributed by atoms with Crippen LogP contribution in [0.25, 0.3) is 0 Å². The van der Waals surface area contributed by atoms with E-state index in [9.17, 15) is 4.79 Å². The van der Waals surface area contributed by atoms with E-state index in [1.54, 1.807) is 0 Å². The first-order valence-electron chi connectivity index (χ1n) is 5.35. The van der Waals surface area contributed by atoms with Gasteiger partial charge in [0.15, 0.2) is 0 Å².